The van der Waals surface area contributed by atoms with Crippen molar-refractivity contribution in [3.8, 4) is 0 Å². The van der Waals surface area contributed by atoms with E-state index in [9.17, 15) is 14.7 Å². The lowest BCUT2D eigenvalue weighted by molar-refractivity contribution is -0.143. The summed E-state index contributed by atoms with van der Waals surface area (Å²) in [6, 6.07) is -0.637. The molecule has 0 aromatic carbocycles. The predicted octanol–water partition coefficient (Wildman–Crippen LogP) is 2.60. The average Bonchev–Trinajstić information content (AvgIpc) is 2.64. The molecule has 0 aromatic rings. The fourth-order valence-corrected chi connectivity index (χ4v) is 3.38. The number of nitrogens with zero attached hydrogens (tertiary/aromatic N) is 1. The van der Waals surface area contributed by atoms with E-state index in [0.717, 1.165) is 32.1 Å². The quantitative estimate of drug-likeness (QED) is 0.765. The molecular formula is C15H26N2O3. The van der Waals surface area contributed by atoms with E-state index in [4.69, 9.17) is 0 Å². The van der Waals surface area contributed by atoms with Crippen LogP contribution in [0.5, 0.6) is 0 Å². The number of rotatable bonds is 2. The normalized spacial score (nSPS) is 31.4. The molecule has 2 fully saturated rings. The second kappa shape index (κ2) is 6.95. The van der Waals surface area contributed by atoms with Crippen LogP contribution in [-0.4, -0.2) is 40.6 Å². The molecular weight excluding hydrogens is 256 g/mol. The van der Waals surface area contributed by atoms with Crippen LogP contribution in [0.3, 0.4) is 0 Å². The van der Waals surface area contributed by atoms with Crippen molar-refractivity contribution >= 4 is 12.0 Å². The minimum absolute atomic E-state index is 0.184. The molecule has 1 heterocycles. The van der Waals surface area contributed by atoms with Crippen molar-refractivity contribution in [3.05, 3.63) is 0 Å². The van der Waals surface area contributed by atoms with Crippen LogP contribution in [0.15, 0.2) is 0 Å². The molecule has 1 aliphatic carbocycles. The van der Waals surface area contributed by atoms with E-state index < -0.39 is 12.0 Å². The average molecular weight is 282 g/mol. The molecule has 5 heteroatoms. The summed E-state index contributed by atoms with van der Waals surface area (Å²) in [4.78, 5) is 25.2. The molecule has 1 saturated carbocycles. The number of hydrogen-bond acceptors (Lipinski definition) is 2. The van der Waals surface area contributed by atoms with Gasteiger partial charge in [-0.25, -0.2) is 9.59 Å². The van der Waals surface area contributed by atoms with Gasteiger partial charge in [0.1, 0.15) is 6.04 Å². The van der Waals surface area contributed by atoms with Crippen LogP contribution in [-0.2, 0) is 4.79 Å². The number of likely N-dealkylation sites (tertiary alicyclic amines) is 1. The molecule has 3 unspecified atom stereocenters. The summed E-state index contributed by atoms with van der Waals surface area (Å²) in [5, 5.41) is 12.3. The monoisotopic (exact) mass is 282 g/mol. The van der Waals surface area contributed by atoms with Crippen molar-refractivity contribution in [3.63, 3.8) is 0 Å². The van der Waals surface area contributed by atoms with Gasteiger partial charge in [-0.05, 0) is 38.0 Å². The zero-order valence-electron chi connectivity index (χ0n) is 12.3. The van der Waals surface area contributed by atoms with Crippen LogP contribution < -0.4 is 5.32 Å². The maximum absolute atomic E-state index is 12.4. The maximum Gasteiger partial charge on any atom is 0.326 e. The Kier molecular flexibility index (Phi) is 5.26. The Balaban J connectivity index is 1.96. The molecule has 1 saturated heterocycles. The maximum atomic E-state index is 12.4. The first-order valence-corrected chi connectivity index (χ1v) is 7.89. The van der Waals surface area contributed by atoms with E-state index in [1.54, 1.807) is 0 Å². The zero-order valence-corrected chi connectivity index (χ0v) is 12.3. The highest BCUT2D eigenvalue weighted by Gasteiger charge is 2.33. The Bertz CT molecular complexity index is 359. The summed E-state index contributed by atoms with van der Waals surface area (Å²) in [6.07, 6.45) is 8.14. The highest BCUT2D eigenvalue weighted by Crippen LogP contribution is 2.24. The molecule has 0 bridgehead atoms. The van der Waals surface area contributed by atoms with Crippen LogP contribution in [0.2, 0.25) is 0 Å². The Hall–Kier alpha value is -1.26. The number of carbonyl (C=O) groups is 2. The van der Waals surface area contributed by atoms with Crippen molar-refractivity contribution in [1.29, 1.82) is 0 Å². The summed E-state index contributed by atoms with van der Waals surface area (Å²) >= 11 is 0. The number of carboxylic acids is 1. The van der Waals surface area contributed by atoms with E-state index in [1.807, 2.05) is 0 Å². The number of urea groups is 1. The third kappa shape index (κ3) is 3.64. The predicted molar refractivity (Wildman–Crippen MR) is 76.5 cm³/mol. The molecule has 2 aliphatic rings. The Morgan fingerprint density at radius 2 is 1.75 bits per heavy atom. The van der Waals surface area contributed by atoms with Gasteiger partial charge in [-0.3, -0.25) is 0 Å². The largest absolute Gasteiger partial charge is 0.480 e. The second-order valence-corrected chi connectivity index (χ2v) is 6.21. The van der Waals surface area contributed by atoms with Crippen molar-refractivity contribution in [1.82, 2.24) is 10.2 Å². The van der Waals surface area contributed by atoms with E-state index in [2.05, 4.69) is 12.2 Å². The zero-order chi connectivity index (χ0) is 14.5. The van der Waals surface area contributed by atoms with Gasteiger partial charge in [0.2, 0.25) is 0 Å². The molecule has 0 aromatic heterocycles. The first-order chi connectivity index (χ1) is 9.59. The van der Waals surface area contributed by atoms with Crippen LogP contribution in [0.1, 0.15) is 58.3 Å². The molecule has 114 valence electrons. The van der Waals surface area contributed by atoms with Gasteiger partial charge in [0.15, 0.2) is 0 Å². The SMILES string of the molecule is CC1CCCCCC1NC(=O)N1CCCCC1C(=O)O. The van der Waals surface area contributed by atoms with Gasteiger partial charge >= 0.3 is 12.0 Å². The van der Waals surface area contributed by atoms with Crippen LogP contribution >= 0.6 is 0 Å². The van der Waals surface area contributed by atoms with Gasteiger partial charge in [-0.15, -0.1) is 0 Å². The molecule has 2 N–H and O–H groups in total. The van der Waals surface area contributed by atoms with Gasteiger partial charge in [-0.1, -0.05) is 26.2 Å². The van der Waals surface area contributed by atoms with Crippen molar-refractivity contribution < 1.29 is 14.7 Å². The van der Waals surface area contributed by atoms with Gasteiger partial charge in [0.05, 0.1) is 0 Å². The third-order valence-electron chi connectivity index (χ3n) is 4.72. The van der Waals surface area contributed by atoms with Crippen LogP contribution in [0, 0.1) is 5.92 Å². The van der Waals surface area contributed by atoms with Gasteiger partial charge in [-0.2, -0.15) is 0 Å². The second-order valence-electron chi connectivity index (χ2n) is 6.21. The van der Waals surface area contributed by atoms with Crippen molar-refractivity contribution in [2.75, 3.05) is 6.54 Å². The number of carbonyl (C=O) groups excluding carboxylic acids is 1. The number of nitrogens with one attached hydrogen (secondary N) is 1. The summed E-state index contributed by atoms with van der Waals surface area (Å²) in [7, 11) is 0. The third-order valence-corrected chi connectivity index (χ3v) is 4.72. The number of carboxylic acid groups (broad SMARTS) is 1. The highest BCUT2D eigenvalue weighted by molar-refractivity contribution is 5.83. The first kappa shape index (κ1) is 15.1. The smallest absolute Gasteiger partial charge is 0.326 e. The summed E-state index contributed by atoms with van der Waals surface area (Å²) < 4.78 is 0. The van der Waals surface area contributed by atoms with Gasteiger partial charge < -0.3 is 15.3 Å². The van der Waals surface area contributed by atoms with Gasteiger partial charge in [0.25, 0.3) is 0 Å². The Labute approximate surface area is 120 Å². The lowest BCUT2D eigenvalue weighted by atomic mass is 9.97. The molecule has 2 rings (SSSR count). The van der Waals surface area contributed by atoms with E-state index in [1.165, 1.54) is 17.7 Å². The lowest BCUT2D eigenvalue weighted by Crippen LogP contribution is -2.54. The molecule has 0 spiro atoms. The van der Waals surface area contributed by atoms with E-state index in [-0.39, 0.29) is 12.1 Å². The highest BCUT2D eigenvalue weighted by atomic mass is 16.4. The molecule has 3 atom stereocenters. The van der Waals surface area contributed by atoms with Crippen LogP contribution in [0.25, 0.3) is 0 Å². The summed E-state index contributed by atoms with van der Waals surface area (Å²) in [5.74, 6) is -0.400. The molecule has 1 aliphatic heterocycles. The Morgan fingerprint density at radius 1 is 1.05 bits per heavy atom. The molecule has 2 amide bonds. The van der Waals surface area contributed by atoms with Crippen molar-refractivity contribution in [2.24, 2.45) is 5.92 Å². The van der Waals surface area contributed by atoms with Gasteiger partial charge in [0, 0.05) is 12.6 Å². The lowest BCUT2D eigenvalue weighted by Gasteiger charge is -2.35. The standard InChI is InChI=1S/C15H26N2O3/c1-11-7-3-2-4-8-12(11)16-15(20)17-10-6-5-9-13(17)14(18)19/h11-13H,2-10H2,1H3,(H,16,20)(H,18,19). The minimum Gasteiger partial charge on any atom is -0.480 e. The Morgan fingerprint density at radius 3 is 2.50 bits per heavy atom. The van der Waals surface area contributed by atoms with Crippen molar-refractivity contribution in [2.45, 2.75) is 70.4 Å². The summed E-state index contributed by atoms with van der Waals surface area (Å²) in [6.45, 7) is 2.74. The van der Waals surface area contributed by atoms with E-state index in [0.29, 0.717) is 18.9 Å². The number of piperidine rings is 1. The number of aliphatic carboxylic acids is 1. The number of hydrogen-bond donors (Lipinski definition) is 2. The molecule has 5 nitrogen and oxygen atoms in total. The summed E-state index contributed by atoms with van der Waals surface area (Å²) in [5.41, 5.74) is 0. The van der Waals surface area contributed by atoms with E-state index >= 15 is 0 Å². The minimum atomic E-state index is -0.881. The first-order valence-electron chi connectivity index (χ1n) is 7.89. The molecule has 20 heavy (non-hydrogen) atoms. The fourth-order valence-electron chi connectivity index (χ4n) is 3.38. The topological polar surface area (TPSA) is 69.6 Å². The fraction of sp³-hybridized carbons (Fsp3) is 0.867. The van der Waals surface area contributed by atoms with Crippen LogP contribution in [0.4, 0.5) is 4.79 Å². The molecule has 0 radical (unpaired) electrons. The number of amides is 2.